The molecule has 8 heteroatoms. The van der Waals surface area contributed by atoms with Crippen LogP contribution in [0.1, 0.15) is 22.3 Å². The largest absolute Gasteiger partial charge is 0.398 e. The summed E-state index contributed by atoms with van der Waals surface area (Å²) in [7, 11) is -3.78. The lowest BCUT2D eigenvalue weighted by atomic mass is 10.0. The van der Waals surface area contributed by atoms with E-state index in [1.165, 1.54) is 16.4 Å². The van der Waals surface area contributed by atoms with Crippen molar-refractivity contribution in [1.82, 2.24) is 0 Å². The number of nitrogen functional groups attached to an aromatic ring is 1. The SMILES string of the molecule is Nc1cccc(Cl)c1C(=O)Nc1cccc(S(=O)(=O)N2CCCc3ccccc32)c1. The topological polar surface area (TPSA) is 92.5 Å². The summed E-state index contributed by atoms with van der Waals surface area (Å²) in [6.45, 7) is 0.409. The summed E-state index contributed by atoms with van der Waals surface area (Å²) >= 11 is 6.10. The first-order chi connectivity index (χ1) is 14.4. The Balaban J connectivity index is 1.65. The highest BCUT2D eigenvalue weighted by Gasteiger charge is 2.29. The van der Waals surface area contributed by atoms with Crippen LogP contribution in [0.5, 0.6) is 0 Å². The third-order valence-electron chi connectivity index (χ3n) is 5.02. The van der Waals surface area contributed by atoms with Crippen molar-refractivity contribution in [3.63, 3.8) is 0 Å². The molecule has 0 bridgehead atoms. The number of nitrogens with two attached hydrogens (primary N) is 1. The van der Waals surface area contributed by atoms with E-state index >= 15 is 0 Å². The second-order valence-electron chi connectivity index (χ2n) is 7.00. The van der Waals surface area contributed by atoms with Gasteiger partial charge in [0, 0.05) is 17.9 Å². The Hall–Kier alpha value is -3.03. The maximum Gasteiger partial charge on any atom is 0.264 e. The van der Waals surface area contributed by atoms with Gasteiger partial charge in [0.15, 0.2) is 0 Å². The zero-order chi connectivity index (χ0) is 21.3. The lowest BCUT2D eigenvalue weighted by Gasteiger charge is -2.30. The van der Waals surface area contributed by atoms with Gasteiger partial charge in [-0.25, -0.2) is 8.42 Å². The Bertz CT molecular complexity index is 1210. The van der Waals surface area contributed by atoms with Gasteiger partial charge in [0.1, 0.15) is 0 Å². The number of halogens is 1. The normalized spacial score (nSPS) is 13.6. The fourth-order valence-corrected chi connectivity index (χ4v) is 5.44. The van der Waals surface area contributed by atoms with Crippen molar-refractivity contribution in [2.75, 3.05) is 21.9 Å². The van der Waals surface area contributed by atoms with Gasteiger partial charge in [-0.15, -0.1) is 0 Å². The number of carbonyl (C=O) groups is 1. The number of nitrogens with one attached hydrogen (secondary N) is 1. The molecule has 0 saturated heterocycles. The van der Waals surface area contributed by atoms with Gasteiger partial charge in [-0.2, -0.15) is 0 Å². The predicted octanol–water partition coefficient (Wildman–Crippen LogP) is 4.32. The van der Waals surface area contributed by atoms with Gasteiger partial charge < -0.3 is 11.1 Å². The van der Waals surface area contributed by atoms with E-state index in [0.717, 1.165) is 18.4 Å². The van der Waals surface area contributed by atoms with E-state index in [-0.39, 0.29) is 21.2 Å². The minimum Gasteiger partial charge on any atom is -0.398 e. The fourth-order valence-electron chi connectivity index (χ4n) is 3.58. The number of hydrogen-bond acceptors (Lipinski definition) is 4. The molecule has 1 amide bonds. The summed E-state index contributed by atoms with van der Waals surface area (Å²) in [6, 6.07) is 18.5. The number of benzene rings is 3. The first-order valence-electron chi connectivity index (χ1n) is 9.44. The average Bonchev–Trinajstić information content (AvgIpc) is 2.73. The molecule has 1 aliphatic heterocycles. The van der Waals surface area contributed by atoms with Crippen molar-refractivity contribution in [1.29, 1.82) is 0 Å². The molecule has 30 heavy (non-hydrogen) atoms. The number of aryl methyl sites for hydroxylation is 1. The molecule has 154 valence electrons. The van der Waals surface area contributed by atoms with Crippen LogP contribution in [0.15, 0.2) is 71.6 Å². The van der Waals surface area contributed by atoms with Gasteiger partial charge in [0.05, 0.1) is 21.2 Å². The molecule has 0 aromatic heterocycles. The standard InChI is InChI=1S/C22H20ClN3O3S/c23-18-10-4-11-19(24)21(18)22(27)25-16-8-3-9-17(14-16)30(28,29)26-13-5-7-15-6-1-2-12-20(15)26/h1-4,6,8-12,14H,5,7,13,24H2,(H,25,27). The Kier molecular flexibility index (Phi) is 5.40. The van der Waals surface area contributed by atoms with E-state index in [2.05, 4.69) is 5.32 Å². The summed E-state index contributed by atoms with van der Waals surface area (Å²) in [4.78, 5) is 12.7. The molecule has 3 N–H and O–H groups in total. The van der Waals surface area contributed by atoms with Crippen molar-refractivity contribution in [3.05, 3.63) is 82.9 Å². The van der Waals surface area contributed by atoms with E-state index < -0.39 is 15.9 Å². The van der Waals surface area contributed by atoms with Crippen LogP contribution >= 0.6 is 11.6 Å². The first kappa shape index (κ1) is 20.3. The zero-order valence-electron chi connectivity index (χ0n) is 16.0. The molecule has 0 aliphatic carbocycles. The van der Waals surface area contributed by atoms with Gasteiger partial charge in [-0.05, 0) is 54.8 Å². The highest BCUT2D eigenvalue weighted by molar-refractivity contribution is 7.92. The van der Waals surface area contributed by atoms with E-state index in [9.17, 15) is 13.2 Å². The number of hydrogen-bond donors (Lipinski definition) is 2. The maximum atomic E-state index is 13.3. The number of nitrogens with zero attached hydrogens (tertiary/aromatic N) is 1. The third kappa shape index (κ3) is 3.74. The lowest BCUT2D eigenvalue weighted by Crippen LogP contribution is -2.35. The third-order valence-corrected chi connectivity index (χ3v) is 7.14. The first-order valence-corrected chi connectivity index (χ1v) is 11.3. The second-order valence-corrected chi connectivity index (χ2v) is 9.26. The molecular formula is C22H20ClN3O3S. The smallest absolute Gasteiger partial charge is 0.264 e. The molecule has 4 rings (SSSR count). The highest BCUT2D eigenvalue weighted by Crippen LogP contribution is 2.32. The molecule has 1 aliphatic rings. The van der Waals surface area contributed by atoms with Gasteiger partial charge in [-0.3, -0.25) is 9.10 Å². The monoisotopic (exact) mass is 441 g/mol. The van der Waals surface area contributed by atoms with Crippen molar-refractivity contribution < 1.29 is 13.2 Å². The van der Waals surface area contributed by atoms with Crippen LogP contribution in [0.4, 0.5) is 17.1 Å². The summed E-state index contributed by atoms with van der Waals surface area (Å²) in [5.74, 6) is -0.504. The van der Waals surface area contributed by atoms with Gasteiger partial charge >= 0.3 is 0 Å². The maximum absolute atomic E-state index is 13.3. The predicted molar refractivity (Wildman–Crippen MR) is 120 cm³/mol. The molecule has 0 atom stereocenters. The summed E-state index contributed by atoms with van der Waals surface area (Å²) in [5.41, 5.74) is 8.30. The van der Waals surface area contributed by atoms with Gasteiger partial charge in [0.2, 0.25) is 0 Å². The molecule has 0 spiro atoms. The number of carbonyl (C=O) groups excluding carboxylic acids is 1. The summed E-state index contributed by atoms with van der Waals surface area (Å²) in [6.07, 6.45) is 1.59. The zero-order valence-corrected chi connectivity index (χ0v) is 17.6. The van der Waals surface area contributed by atoms with Crippen LogP contribution in [0.25, 0.3) is 0 Å². The van der Waals surface area contributed by atoms with Crippen LogP contribution in [0, 0.1) is 0 Å². The van der Waals surface area contributed by atoms with Crippen LogP contribution < -0.4 is 15.4 Å². The molecule has 0 unspecified atom stereocenters. The molecule has 0 fully saturated rings. The molecule has 0 radical (unpaired) electrons. The van der Waals surface area contributed by atoms with Crippen LogP contribution in [0.3, 0.4) is 0 Å². The number of para-hydroxylation sites is 1. The number of fused-ring (bicyclic) bond motifs is 1. The Morgan fingerprint density at radius 2 is 1.80 bits per heavy atom. The number of amides is 1. The van der Waals surface area contributed by atoms with E-state index in [4.69, 9.17) is 17.3 Å². The molecule has 3 aromatic rings. The summed E-state index contributed by atoms with van der Waals surface area (Å²) in [5, 5.41) is 2.91. The lowest BCUT2D eigenvalue weighted by molar-refractivity contribution is 0.102. The van der Waals surface area contributed by atoms with E-state index in [1.807, 2.05) is 24.3 Å². The Morgan fingerprint density at radius 1 is 1.03 bits per heavy atom. The highest BCUT2D eigenvalue weighted by atomic mass is 35.5. The minimum atomic E-state index is -3.78. The van der Waals surface area contributed by atoms with E-state index in [0.29, 0.717) is 17.9 Å². The molecule has 1 heterocycles. The number of anilines is 3. The van der Waals surface area contributed by atoms with Gasteiger partial charge in [0.25, 0.3) is 15.9 Å². The number of sulfonamides is 1. The molecule has 6 nitrogen and oxygen atoms in total. The second kappa shape index (κ2) is 8.01. The molecule has 3 aromatic carbocycles. The minimum absolute atomic E-state index is 0.101. The van der Waals surface area contributed by atoms with Crippen molar-refractivity contribution in [2.45, 2.75) is 17.7 Å². The quantitative estimate of drug-likeness (QED) is 0.590. The van der Waals surface area contributed by atoms with Crippen LogP contribution in [0.2, 0.25) is 5.02 Å². The van der Waals surface area contributed by atoms with Crippen molar-refractivity contribution in [3.8, 4) is 0 Å². The Morgan fingerprint density at radius 3 is 2.60 bits per heavy atom. The van der Waals surface area contributed by atoms with Gasteiger partial charge in [-0.1, -0.05) is 41.9 Å². The average molecular weight is 442 g/mol. The van der Waals surface area contributed by atoms with E-state index in [1.54, 1.807) is 30.3 Å². The number of rotatable bonds is 4. The Labute approximate surface area is 180 Å². The van der Waals surface area contributed by atoms with Crippen LogP contribution in [-0.2, 0) is 16.4 Å². The van der Waals surface area contributed by atoms with Crippen molar-refractivity contribution >= 4 is 44.6 Å². The molecular weight excluding hydrogens is 422 g/mol. The fraction of sp³-hybridized carbons (Fsp3) is 0.136. The summed E-state index contributed by atoms with van der Waals surface area (Å²) < 4.78 is 28.1. The van der Waals surface area contributed by atoms with Crippen LogP contribution in [-0.4, -0.2) is 20.9 Å². The molecule has 0 saturated carbocycles. The van der Waals surface area contributed by atoms with Crippen molar-refractivity contribution in [2.24, 2.45) is 0 Å².